The molecule has 0 spiro atoms. The van der Waals surface area contributed by atoms with Crippen molar-refractivity contribution in [3.8, 4) is 0 Å². The molecule has 3 heteroatoms. The highest BCUT2D eigenvalue weighted by Gasteiger charge is 2.41. The monoisotopic (exact) mass is 228 g/mol. The van der Waals surface area contributed by atoms with E-state index in [4.69, 9.17) is 0 Å². The van der Waals surface area contributed by atoms with Crippen molar-refractivity contribution in [2.75, 3.05) is 5.33 Å². The van der Waals surface area contributed by atoms with Gasteiger partial charge >= 0.3 is 0 Å². The van der Waals surface area contributed by atoms with Gasteiger partial charge in [0.05, 0.1) is 6.20 Å². The maximum absolute atomic E-state index is 4.16. The summed E-state index contributed by atoms with van der Waals surface area (Å²) < 4.78 is 1.87. The van der Waals surface area contributed by atoms with Crippen molar-refractivity contribution in [1.82, 2.24) is 9.78 Å². The number of aromatic nitrogens is 2. The second kappa shape index (κ2) is 2.87. The standard InChI is InChI=1S/C9H13BrN2/c1-12-6-8(5-11-12)4-9(7-10)2-3-9/h5-6H,2-4,7H2,1H3. The van der Waals surface area contributed by atoms with Crippen molar-refractivity contribution in [3.05, 3.63) is 18.0 Å². The van der Waals surface area contributed by atoms with Crippen LogP contribution in [-0.2, 0) is 13.5 Å². The van der Waals surface area contributed by atoms with Crippen molar-refractivity contribution in [2.24, 2.45) is 12.5 Å². The van der Waals surface area contributed by atoms with E-state index in [-0.39, 0.29) is 0 Å². The summed E-state index contributed by atoms with van der Waals surface area (Å²) in [6.45, 7) is 0. The number of aryl methyl sites for hydroxylation is 1. The molecule has 0 bridgehead atoms. The van der Waals surface area contributed by atoms with E-state index in [9.17, 15) is 0 Å². The molecule has 1 heterocycles. The van der Waals surface area contributed by atoms with Crippen molar-refractivity contribution in [2.45, 2.75) is 19.3 Å². The molecule has 1 aromatic rings. The molecule has 1 aliphatic carbocycles. The molecule has 0 amide bonds. The molecule has 0 unspecified atom stereocenters. The first kappa shape index (κ1) is 8.30. The maximum atomic E-state index is 4.16. The lowest BCUT2D eigenvalue weighted by Gasteiger charge is -2.07. The molecule has 12 heavy (non-hydrogen) atoms. The van der Waals surface area contributed by atoms with Crippen LogP contribution in [0, 0.1) is 5.41 Å². The van der Waals surface area contributed by atoms with Crippen LogP contribution in [0.4, 0.5) is 0 Å². The lowest BCUT2D eigenvalue weighted by Crippen LogP contribution is -2.05. The fraction of sp³-hybridized carbons (Fsp3) is 0.667. The van der Waals surface area contributed by atoms with Crippen LogP contribution < -0.4 is 0 Å². The number of hydrogen-bond acceptors (Lipinski definition) is 1. The summed E-state index contributed by atoms with van der Waals surface area (Å²) in [7, 11) is 1.97. The highest BCUT2D eigenvalue weighted by molar-refractivity contribution is 9.09. The molecule has 0 N–H and O–H groups in total. The highest BCUT2D eigenvalue weighted by Crippen LogP contribution is 2.49. The summed E-state index contributed by atoms with van der Waals surface area (Å²) in [4.78, 5) is 0. The summed E-state index contributed by atoms with van der Waals surface area (Å²) in [5.74, 6) is 0. The van der Waals surface area contributed by atoms with Gasteiger partial charge in [-0.25, -0.2) is 0 Å². The first-order chi connectivity index (χ1) is 5.74. The summed E-state index contributed by atoms with van der Waals surface area (Å²) in [5, 5.41) is 5.30. The lowest BCUT2D eigenvalue weighted by molar-refractivity contribution is 0.586. The quantitative estimate of drug-likeness (QED) is 0.726. The molecule has 1 aromatic heterocycles. The van der Waals surface area contributed by atoms with Gasteiger partial charge in [0, 0.05) is 18.6 Å². The predicted octanol–water partition coefficient (Wildman–Crippen LogP) is 2.14. The molecule has 0 radical (unpaired) electrons. The Balaban J connectivity index is 2.04. The van der Waals surface area contributed by atoms with Gasteiger partial charge in [0.1, 0.15) is 0 Å². The Hall–Kier alpha value is -0.310. The van der Waals surface area contributed by atoms with Gasteiger partial charge in [-0.1, -0.05) is 15.9 Å². The van der Waals surface area contributed by atoms with E-state index in [0.717, 1.165) is 5.33 Å². The summed E-state index contributed by atoms with van der Waals surface area (Å²) in [6, 6.07) is 0. The molecule has 1 fully saturated rings. The zero-order valence-corrected chi connectivity index (χ0v) is 8.84. The molecular formula is C9H13BrN2. The van der Waals surface area contributed by atoms with E-state index in [0.29, 0.717) is 5.41 Å². The van der Waals surface area contributed by atoms with Crippen molar-refractivity contribution in [3.63, 3.8) is 0 Å². The van der Waals surface area contributed by atoms with Gasteiger partial charge in [-0.3, -0.25) is 4.68 Å². The SMILES string of the molecule is Cn1cc(CC2(CBr)CC2)cn1. The van der Waals surface area contributed by atoms with Gasteiger partial charge in [-0.2, -0.15) is 5.10 Å². The number of hydrogen-bond donors (Lipinski definition) is 0. The molecule has 0 atom stereocenters. The van der Waals surface area contributed by atoms with Crippen LogP contribution in [0.2, 0.25) is 0 Å². The van der Waals surface area contributed by atoms with Crippen LogP contribution in [0.1, 0.15) is 18.4 Å². The zero-order chi connectivity index (χ0) is 8.60. The Morgan fingerprint density at radius 1 is 1.67 bits per heavy atom. The van der Waals surface area contributed by atoms with E-state index >= 15 is 0 Å². The van der Waals surface area contributed by atoms with Gasteiger partial charge < -0.3 is 0 Å². The molecule has 2 rings (SSSR count). The predicted molar refractivity (Wildman–Crippen MR) is 52.4 cm³/mol. The third-order valence-electron chi connectivity index (χ3n) is 2.58. The van der Waals surface area contributed by atoms with Gasteiger partial charge in [0.2, 0.25) is 0 Å². The van der Waals surface area contributed by atoms with E-state index in [1.165, 1.54) is 24.8 Å². The Morgan fingerprint density at radius 2 is 2.42 bits per heavy atom. The van der Waals surface area contributed by atoms with Gasteiger partial charge in [0.25, 0.3) is 0 Å². The Kier molecular flexibility index (Phi) is 1.99. The van der Waals surface area contributed by atoms with Crippen LogP contribution in [0.15, 0.2) is 12.4 Å². The van der Waals surface area contributed by atoms with Crippen LogP contribution in [-0.4, -0.2) is 15.1 Å². The smallest absolute Gasteiger partial charge is 0.0521 e. The summed E-state index contributed by atoms with van der Waals surface area (Å²) in [6.07, 6.45) is 8.01. The van der Waals surface area contributed by atoms with Gasteiger partial charge in [-0.15, -0.1) is 0 Å². The summed E-state index contributed by atoms with van der Waals surface area (Å²) in [5.41, 5.74) is 1.94. The van der Waals surface area contributed by atoms with Gasteiger partial charge in [0.15, 0.2) is 0 Å². The first-order valence-electron chi connectivity index (χ1n) is 4.28. The second-order valence-corrected chi connectivity index (χ2v) is 4.39. The Labute approximate surface area is 81.1 Å². The minimum absolute atomic E-state index is 0.572. The fourth-order valence-electron chi connectivity index (χ4n) is 1.53. The topological polar surface area (TPSA) is 17.8 Å². The van der Waals surface area contributed by atoms with Crippen LogP contribution >= 0.6 is 15.9 Å². The molecular weight excluding hydrogens is 216 g/mol. The van der Waals surface area contributed by atoms with Crippen LogP contribution in [0.3, 0.4) is 0 Å². The molecule has 1 saturated carbocycles. The minimum atomic E-state index is 0.572. The van der Waals surface area contributed by atoms with E-state index in [1.54, 1.807) is 0 Å². The fourth-order valence-corrected chi connectivity index (χ4v) is 2.29. The molecule has 1 aliphatic rings. The van der Waals surface area contributed by atoms with Crippen molar-refractivity contribution >= 4 is 15.9 Å². The molecule has 0 aliphatic heterocycles. The van der Waals surface area contributed by atoms with E-state index < -0.39 is 0 Å². The van der Waals surface area contributed by atoms with Crippen LogP contribution in [0.5, 0.6) is 0 Å². The van der Waals surface area contributed by atoms with Crippen LogP contribution in [0.25, 0.3) is 0 Å². The van der Waals surface area contributed by atoms with Crippen molar-refractivity contribution in [1.29, 1.82) is 0 Å². The lowest BCUT2D eigenvalue weighted by atomic mass is 10.0. The molecule has 2 nitrogen and oxygen atoms in total. The second-order valence-electron chi connectivity index (χ2n) is 3.83. The number of halogens is 1. The molecule has 0 saturated heterocycles. The highest BCUT2D eigenvalue weighted by atomic mass is 79.9. The van der Waals surface area contributed by atoms with E-state index in [1.807, 2.05) is 17.9 Å². The average molecular weight is 229 g/mol. The molecule has 0 aromatic carbocycles. The largest absolute Gasteiger partial charge is 0.276 e. The zero-order valence-electron chi connectivity index (χ0n) is 7.26. The van der Waals surface area contributed by atoms with E-state index in [2.05, 4.69) is 27.2 Å². The van der Waals surface area contributed by atoms with Gasteiger partial charge in [-0.05, 0) is 30.2 Å². The minimum Gasteiger partial charge on any atom is -0.276 e. The maximum Gasteiger partial charge on any atom is 0.0521 e. The molecule has 66 valence electrons. The summed E-state index contributed by atoms with van der Waals surface area (Å²) >= 11 is 3.57. The van der Waals surface area contributed by atoms with Crippen molar-refractivity contribution < 1.29 is 0 Å². The Bertz CT molecular complexity index is 276. The normalized spacial score (nSPS) is 19.5. The first-order valence-corrected chi connectivity index (χ1v) is 5.40. The Morgan fingerprint density at radius 3 is 2.83 bits per heavy atom. The number of rotatable bonds is 3. The third kappa shape index (κ3) is 1.56. The number of nitrogens with zero attached hydrogens (tertiary/aromatic N) is 2. The average Bonchev–Trinajstić information content (AvgIpc) is 2.71. The number of alkyl halides is 1. The third-order valence-corrected chi connectivity index (χ3v) is 3.77.